The Balaban J connectivity index is 1.77. The molecule has 0 aromatic carbocycles. The fourth-order valence-corrected chi connectivity index (χ4v) is 4.43. The SMILES string of the molecule is Cc1ncc(C2CC2c2nc3sccn3c(=O)c2Cl)s1. The van der Waals surface area contributed by atoms with E-state index in [1.54, 1.807) is 17.5 Å². The van der Waals surface area contributed by atoms with Gasteiger partial charge < -0.3 is 0 Å². The lowest BCUT2D eigenvalue weighted by molar-refractivity contribution is 0.947. The van der Waals surface area contributed by atoms with E-state index in [0.717, 1.165) is 17.1 Å². The van der Waals surface area contributed by atoms with Gasteiger partial charge in [-0.25, -0.2) is 9.97 Å². The Morgan fingerprint density at radius 2 is 2.30 bits per heavy atom. The molecule has 0 bridgehead atoms. The maximum absolute atomic E-state index is 12.2. The van der Waals surface area contributed by atoms with Crippen molar-refractivity contribution in [2.24, 2.45) is 0 Å². The molecule has 1 fully saturated rings. The van der Waals surface area contributed by atoms with Crippen molar-refractivity contribution in [2.45, 2.75) is 25.2 Å². The second-order valence-electron chi connectivity index (χ2n) is 4.90. The number of halogens is 1. The van der Waals surface area contributed by atoms with Gasteiger partial charge in [0.05, 0.1) is 10.7 Å². The number of aromatic nitrogens is 3. The first-order chi connectivity index (χ1) is 9.65. The highest BCUT2D eigenvalue weighted by molar-refractivity contribution is 7.15. The van der Waals surface area contributed by atoms with Crippen molar-refractivity contribution in [1.29, 1.82) is 0 Å². The van der Waals surface area contributed by atoms with Gasteiger partial charge in [-0.15, -0.1) is 22.7 Å². The van der Waals surface area contributed by atoms with Crippen LogP contribution in [0.2, 0.25) is 5.02 Å². The molecule has 7 heteroatoms. The molecule has 0 N–H and O–H groups in total. The van der Waals surface area contributed by atoms with Crippen molar-refractivity contribution in [2.75, 3.05) is 0 Å². The molecule has 3 aromatic heterocycles. The molecule has 0 radical (unpaired) electrons. The molecule has 1 saturated carbocycles. The Bertz CT molecular complexity index is 866. The van der Waals surface area contributed by atoms with Crippen LogP contribution in [0.15, 0.2) is 22.6 Å². The average molecular weight is 324 g/mol. The summed E-state index contributed by atoms with van der Waals surface area (Å²) >= 11 is 9.38. The quantitative estimate of drug-likeness (QED) is 0.725. The molecule has 102 valence electrons. The summed E-state index contributed by atoms with van der Waals surface area (Å²) in [4.78, 5) is 23.0. The maximum Gasteiger partial charge on any atom is 0.277 e. The van der Waals surface area contributed by atoms with Gasteiger partial charge in [0, 0.05) is 34.5 Å². The minimum Gasteiger partial charge on any atom is -0.267 e. The van der Waals surface area contributed by atoms with Crippen LogP contribution in [0.5, 0.6) is 0 Å². The van der Waals surface area contributed by atoms with Gasteiger partial charge in [-0.2, -0.15) is 0 Å². The van der Waals surface area contributed by atoms with E-state index in [2.05, 4.69) is 9.97 Å². The number of hydrogen-bond donors (Lipinski definition) is 0. The number of hydrogen-bond acceptors (Lipinski definition) is 5. The summed E-state index contributed by atoms with van der Waals surface area (Å²) in [5, 5.41) is 3.17. The molecule has 0 spiro atoms. The topological polar surface area (TPSA) is 47.3 Å². The molecule has 3 aromatic rings. The van der Waals surface area contributed by atoms with Crippen LogP contribution in [0.25, 0.3) is 4.96 Å². The van der Waals surface area contributed by atoms with Crippen LogP contribution < -0.4 is 5.56 Å². The molecule has 0 amide bonds. The molecule has 2 atom stereocenters. The molecular weight excluding hydrogens is 314 g/mol. The van der Waals surface area contributed by atoms with Gasteiger partial charge in [0.15, 0.2) is 4.96 Å². The summed E-state index contributed by atoms with van der Waals surface area (Å²) in [5.41, 5.74) is 0.578. The fourth-order valence-electron chi connectivity index (χ4n) is 2.48. The van der Waals surface area contributed by atoms with E-state index in [9.17, 15) is 4.79 Å². The lowest BCUT2D eigenvalue weighted by Gasteiger charge is -2.02. The molecule has 3 heterocycles. The number of nitrogens with zero attached hydrogens (tertiary/aromatic N) is 3. The predicted molar refractivity (Wildman–Crippen MR) is 81.3 cm³/mol. The van der Waals surface area contributed by atoms with E-state index in [1.807, 2.05) is 18.5 Å². The van der Waals surface area contributed by atoms with E-state index in [0.29, 0.717) is 10.9 Å². The van der Waals surface area contributed by atoms with Crippen LogP contribution >= 0.6 is 34.3 Å². The van der Waals surface area contributed by atoms with Crippen LogP contribution in [-0.4, -0.2) is 14.4 Å². The highest BCUT2D eigenvalue weighted by Gasteiger charge is 2.43. The summed E-state index contributed by atoms with van der Waals surface area (Å²) in [6.07, 6.45) is 4.63. The molecule has 0 aliphatic heterocycles. The van der Waals surface area contributed by atoms with Gasteiger partial charge in [-0.1, -0.05) is 11.6 Å². The Kier molecular flexibility index (Phi) is 2.73. The molecule has 20 heavy (non-hydrogen) atoms. The Hall–Kier alpha value is -1.24. The van der Waals surface area contributed by atoms with Crippen molar-refractivity contribution in [1.82, 2.24) is 14.4 Å². The van der Waals surface area contributed by atoms with Crippen molar-refractivity contribution in [3.63, 3.8) is 0 Å². The smallest absolute Gasteiger partial charge is 0.267 e. The van der Waals surface area contributed by atoms with Gasteiger partial charge in [0.2, 0.25) is 0 Å². The van der Waals surface area contributed by atoms with Crippen molar-refractivity contribution in [3.8, 4) is 0 Å². The molecular formula is C13H10ClN3OS2. The molecule has 4 nitrogen and oxygen atoms in total. The zero-order valence-corrected chi connectivity index (χ0v) is 12.9. The lowest BCUT2D eigenvalue weighted by Crippen LogP contribution is -2.15. The first-order valence-corrected chi connectivity index (χ1v) is 8.30. The first-order valence-electron chi connectivity index (χ1n) is 6.22. The highest BCUT2D eigenvalue weighted by atomic mass is 35.5. The molecule has 0 saturated heterocycles. The summed E-state index contributed by atoms with van der Waals surface area (Å²) < 4.78 is 1.50. The zero-order valence-electron chi connectivity index (χ0n) is 10.5. The number of aryl methyl sites for hydroxylation is 1. The van der Waals surface area contributed by atoms with Crippen molar-refractivity contribution >= 4 is 39.2 Å². The Morgan fingerprint density at radius 1 is 1.45 bits per heavy atom. The highest BCUT2D eigenvalue weighted by Crippen LogP contribution is 2.56. The van der Waals surface area contributed by atoms with Crippen LogP contribution in [0.1, 0.15) is 33.8 Å². The summed E-state index contributed by atoms with van der Waals surface area (Å²) in [6, 6.07) is 0. The van der Waals surface area contributed by atoms with Gasteiger partial charge in [0.25, 0.3) is 5.56 Å². The van der Waals surface area contributed by atoms with E-state index < -0.39 is 0 Å². The van der Waals surface area contributed by atoms with Gasteiger partial charge >= 0.3 is 0 Å². The fraction of sp³-hybridized carbons (Fsp3) is 0.308. The third-order valence-corrected chi connectivity index (χ3v) is 5.74. The maximum atomic E-state index is 12.2. The normalized spacial score (nSPS) is 21.5. The summed E-state index contributed by atoms with van der Waals surface area (Å²) in [7, 11) is 0. The van der Waals surface area contributed by atoms with Gasteiger partial charge in [-0.3, -0.25) is 9.20 Å². The Labute approximate surface area is 127 Å². The molecule has 2 unspecified atom stereocenters. The first kappa shape index (κ1) is 12.5. The largest absolute Gasteiger partial charge is 0.277 e. The van der Waals surface area contributed by atoms with Crippen molar-refractivity contribution in [3.05, 3.63) is 48.7 Å². The predicted octanol–water partition coefficient (Wildman–Crippen LogP) is 3.45. The van der Waals surface area contributed by atoms with E-state index in [-0.39, 0.29) is 16.5 Å². The molecule has 1 aliphatic rings. The van der Waals surface area contributed by atoms with Gasteiger partial charge in [0.1, 0.15) is 5.02 Å². The van der Waals surface area contributed by atoms with Crippen LogP contribution in [0.3, 0.4) is 0 Å². The number of fused-ring (bicyclic) bond motifs is 1. The monoisotopic (exact) mass is 323 g/mol. The van der Waals surface area contributed by atoms with Gasteiger partial charge in [-0.05, 0) is 13.3 Å². The lowest BCUT2D eigenvalue weighted by atomic mass is 10.2. The third-order valence-electron chi connectivity index (χ3n) is 3.58. The summed E-state index contributed by atoms with van der Waals surface area (Å²) in [6.45, 7) is 2.00. The van der Waals surface area contributed by atoms with E-state index in [1.165, 1.54) is 20.6 Å². The second kappa shape index (κ2) is 4.38. The number of rotatable bonds is 2. The third kappa shape index (κ3) is 1.82. The minimum atomic E-state index is -0.168. The van der Waals surface area contributed by atoms with Crippen LogP contribution in [-0.2, 0) is 0 Å². The second-order valence-corrected chi connectivity index (χ2v) is 7.42. The molecule has 4 rings (SSSR count). The Morgan fingerprint density at radius 3 is 3.05 bits per heavy atom. The van der Waals surface area contributed by atoms with Crippen molar-refractivity contribution < 1.29 is 0 Å². The van der Waals surface area contributed by atoms with Crippen LogP contribution in [0, 0.1) is 6.92 Å². The van der Waals surface area contributed by atoms with E-state index >= 15 is 0 Å². The minimum absolute atomic E-state index is 0.168. The summed E-state index contributed by atoms with van der Waals surface area (Å²) in [5.74, 6) is 0.662. The van der Waals surface area contributed by atoms with Crippen LogP contribution in [0.4, 0.5) is 0 Å². The van der Waals surface area contributed by atoms with E-state index in [4.69, 9.17) is 11.6 Å². The molecule has 1 aliphatic carbocycles. The number of thiazole rings is 2. The average Bonchev–Trinajstić information content (AvgIpc) is 2.86. The zero-order chi connectivity index (χ0) is 13.9. The standard InChI is InChI=1S/C13H10ClN3OS2/c1-6-15-5-9(20-6)7-4-8(7)11-10(14)12(18)17-2-3-19-13(17)16-11/h2-3,5,7-8H,4H2,1H3.